The highest BCUT2D eigenvalue weighted by Crippen LogP contribution is 2.43. The number of carboxylic acids is 1. The van der Waals surface area contributed by atoms with Gasteiger partial charge in [-0.3, -0.25) is 4.79 Å². The SMILES string of the molecule is COC(CNC(=O)C1CC2C=CC1C2)C(=O)O. The van der Waals surface area contributed by atoms with E-state index in [1.54, 1.807) is 0 Å². The molecule has 1 amide bonds. The first-order valence-corrected chi connectivity index (χ1v) is 5.83. The first kappa shape index (κ1) is 12.1. The minimum absolute atomic E-state index is 0.0105. The molecular weight excluding hydrogens is 222 g/mol. The van der Waals surface area contributed by atoms with Gasteiger partial charge in [-0.05, 0) is 24.7 Å². The van der Waals surface area contributed by atoms with Gasteiger partial charge in [-0.25, -0.2) is 4.79 Å². The lowest BCUT2D eigenvalue weighted by molar-refractivity contribution is -0.148. The Morgan fingerprint density at radius 3 is 2.71 bits per heavy atom. The molecule has 2 aliphatic carbocycles. The van der Waals surface area contributed by atoms with Crippen LogP contribution in [0.5, 0.6) is 0 Å². The third-order valence-corrected chi connectivity index (χ3v) is 3.64. The molecule has 1 fully saturated rings. The molecule has 1 saturated carbocycles. The number of amides is 1. The van der Waals surface area contributed by atoms with Crippen LogP contribution in [0.15, 0.2) is 12.2 Å². The van der Waals surface area contributed by atoms with E-state index in [1.165, 1.54) is 7.11 Å². The van der Waals surface area contributed by atoms with Crippen molar-refractivity contribution in [3.8, 4) is 0 Å². The molecule has 5 heteroatoms. The third kappa shape index (κ3) is 2.49. The van der Waals surface area contributed by atoms with Gasteiger partial charge in [0.05, 0.1) is 6.54 Å². The van der Waals surface area contributed by atoms with Gasteiger partial charge in [-0.1, -0.05) is 12.2 Å². The van der Waals surface area contributed by atoms with E-state index in [4.69, 9.17) is 9.84 Å². The summed E-state index contributed by atoms with van der Waals surface area (Å²) in [5, 5.41) is 11.4. The van der Waals surface area contributed by atoms with Gasteiger partial charge in [0, 0.05) is 13.0 Å². The van der Waals surface area contributed by atoms with Crippen molar-refractivity contribution in [2.75, 3.05) is 13.7 Å². The molecule has 0 aliphatic heterocycles. The van der Waals surface area contributed by atoms with E-state index in [1.807, 2.05) is 0 Å². The van der Waals surface area contributed by atoms with Gasteiger partial charge < -0.3 is 15.2 Å². The van der Waals surface area contributed by atoms with Gasteiger partial charge in [-0.15, -0.1) is 0 Å². The van der Waals surface area contributed by atoms with E-state index in [2.05, 4.69) is 17.5 Å². The number of carbonyl (C=O) groups is 2. The van der Waals surface area contributed by atoms with Crippen molar-refractivity contribution in [3.63, 3.8) is 0 Å². The Labute approximate surface area is 99.8 Å². The van der Waals surface area contributed by atoms with E-state index in [-0.39, 0.29) is 18.4 Å². The van der Waals surface area contributed by atoms with Crippen LogP contribution in [0.1, 0.15) is 12.8 Å². The standard InChI is InChI=1S/C12H17NO4/c1-17-10(12(15)16)6-13-11(14)9-5-7-2-3-8(9)4-7/h2-3,7-10H,4-6H2,1H3,(H,13,14)(H,15,16). The number of carbonyl (C=O) groups excluding carboxylic acids is 1. The van der Waals surface area contributed by atoms with Crippen LogP contribution in [0.4, 0.5) is 0 Å². The molecule has 4 atom stereocenters. The first-order chi connectivity index (χ1) is 8.11. The summed E-state index contributed by atoms with van der Waals surface area (Å²) in [7, 11) is 1.32. The van der Waals surface area contributed by atoms with Crippen molar-refractivity contribution in [1.29, 1.82) is 0 Å². The summed E-state index contributed by atoms with van der Waals surface area (Å²) in [6.07, 6.45) is 5.25. The second-order valence-electron chi connectivity index (χ2n) is 4.69. The smallest absolute Gasteiger partial charge is 0.334 e. The first-order valence-electron chi connectivity index (χ1n) is 5.83. The van der Waals surface area contributed by atoms with Crippen LogP contribution in [-0.4, -0.2) is 36.7 Å². The van der Waals surface area contributed by atoms with Crippen molar-refractivity contribution < 1.29 is 19.4 Å². The summed E-state index contributed by atoms with van der Waals surface area (Å²) in [5.74, 6) is -0.221. The zero-order chi connectivity index (χ0) is 12.4. The molecule has 2 aliphatic rings. The molecule has 0 radical (unpaired) electrons. The predicted molar refractivity (Wildman–Crippen MR) is 60.3 cm³/mol. The van der Waals surface area contributed by atoms with Crippen LogP contribution < -0.4 is 5.32 Å². The molecule has 0 spiro atoms. The van der Waals surface area contributed by atoms with Crippen molar-refractivity contribution in [3.05, 3.63) is 12.2 Å². The molecule has 0 heterocycles. The Morgan fingerprint density at radius 2 is 2.24 bits per heavy atom. The summed E-state index contributed by atoms with van der Waals surface area (Å²) >= 11 is 0. The van der Waals surface area contributed by atoms with Crippen LogP contribution in [0.25, 0.3) is 0 Å². The second-order valence-corrected chi connectivity index (χ2v) is 4.69. The van der Waals surface area contributed by atoms with Gasteiger partial charge in [0.2, 0.25) is 5.91 Å². The minimum atomic E-state index is -1.05. The van der Waals surface area contributed by atoms with Crippen molar-refractivity contribution >= 4 is 11.9 Å². The van der Waals surface area contributed by atoms with Gasteiger partial charge >= 0.3 is 5.97 Å². The maximum absolute atomic E-state index is 11.9. The summed E-state index contributed by atoms with van der Waals surface area (Å²) in [6, 6.07) is 0. The molecule has 0 saturated heterocycles. The largest absolute Gasteiger partial charge is 0.479 e. The number of carboxylic acid groups (broad SMARTS) is 1. The Balaban J connectivity index is 1.82. The lowest BCUT2D eigenvalue weighted by atomic mass is 9.93. The number of aliphatic carboxylic acids is 1. The molecule has 0 aromatic heterocycles. The highest BCUT2D eigenvalue weighted by Gasteiger charge is 2.39. The number of methoxy groups -OCH3 is 1. The maximum Gasteiger partial charge on any atom is 0.334 e. The third-order valence-electron chi connectivity index (χ3n) is 3.64. The summed E-state index contributed by atoms with van der Waals surface area (Å²) < 4.78 is 4.76. The topological polar surface area (TPSA) is 75.6 Å². The Bertz CT molecular complexity index is 352. The molecule has 94 valence electrons. The molecule has 2 bridgehead atoms. The lowest BCUT2D eigenvalue weighted by Crippen LogP contribution is -2.41. The maximum atomic E-state index is 11.9. The molecular formula is C12H17NO4. The quantitative estimate of drug-likeness (QED) is 0.681. The number of allylic oxidation sites excluding steroid dienone is 2. The van der Waals surface area contributed by atoms with Crippen LogP contribution >= 0.6 is 0 Å². The number of rotatable bonds is 5. The summed E-state index contributed by atoms with van der Waals surface area (Å²) in [4.78, 5) is 22.6. The van der Waals surface area contributed by atoms with Crippen molar-refractivity contribution in [2.24, 2.45) is 17.8 Å². The summed E-state index contributed by atoms with van der Waals surface area (Å²) in [6.45, 7) is 0.0300. The number of nitrogens with one attached hydrogen (secondary N) is 1. The lowest BCUT2D eigenvalue weighted by Gasteiger charge is -2.19. The Hall–Kier alpha value is -1.36. The van der Waals surface area contributed by atoms with Crippen LogP contribution in [0.2, 0.25) is 0 Å². The molecule has 5 nitrogen and oxygen atoms in total. The monoisotopic (exact) mass is 239 g/mol. The minimum Gasteiger partial charge on any atom is -0.479 e. The fraction of sp³-hybridized carbons (Fsp3) is 0.667. The average Bonchev–Trinajstić information content (AvgIpc) is 2.90. The van der Waals surface area contributed by atoms with Gasteiger partial charge in [0.15, 0.2) is 6.10 Å². The molecule has 2 N–H and O–H groups in total. The number of fused-ring (bicyclic) bond motifs is 2. The Kier molecular flexibility index (Phi) is 3.47. The molecule has 17 heavy (non-hydrogen) atoms. The van der Waals surface area contributed by atoms with E-state index in [9.17, 15) is 9.59 Å². The molecule has 4 unspecified atom stereocenters. The Morgan fingerprint density at radius 1 is 1.47 bits per heavy atom. The van der Waals surface area contributed by atoms with Crippen LogP contribution in [-0.2, 0) is 14.3 Å². The van der Waals surface area contributed by atoms with E-state index < -0.39 is 12.1 Å². The highest BCUT2D eigenvalue weighted by molar-refractivity contribution is 5.81. The van der Waals surface area contributed by atoms with Gasteiger partial charge in [0.1, 0.15) is 0 Å². The van der Waals surface area contributed by atoms with E-state index in [0.717, 1.165) is 12.8 Å². The van der Waals surface area contributed by atoms with Gasteiger partial charge in [-0.2, -0.15) is 0 Å². The molecule has 2 rings (SSSR count). The molecule has 0 aromatic carbocycles. The normalized spacial score (nSPS) is 31.5. The van der Waals surface area contributed by atoms with Crippen molar-refractivity contribution in [2.45, 2.75) is 18.9 Å². The highest BCUT2D eigenvalue weighted by atomic mass is 16.5. The van der Waals surface area contributed by atoms with Crippen LogP contribution in [0, 0.1) is 17.8 Å². The fourth-order valence-corrected chi connectivity index (χ4v) is 2.68. The summed E-state index contributed by atoms with van der Waals surface area (Å²) in [5.41, 5.74) is 0. The average molecular weight is 239 g/mol. The van der Waals surface area contributed by atoms with Crippen molar-refractivity contribution in [1.82, 2.24) is 5.32 Å². The number of hydrogen-bond acceptors (Lipinski definition) is 3. The van der Waals surface area contributed by atoms with Gasteiger partial charge in [0.25, 0.3) is 0 Å². The second kappa shape index (κ2) is 4.87. The molecule has 0 aromatic rings. The number of ether oxygens (including phenoxy) is 1. The number of hydrogen-bond donors (Lipinski definition) is 2. The van der Waals surface area contributed by atoms with Crippen LogP contribution in [0.3, 0.4) is 0 Å². The van der Waals surface area contributed by atoms with E-state index in [0.29, 0.717) is 11.8 Å². The fourth-order valence-electron chi connectivity index (χ4n) is 2.68. The zero-order valence-electron chi connectivity index (χ0n) is 9.76. The zero-order valence-corrected chi connectivity index (χ0v) is 9.76. The predicted octanol–water partition coefficient (Wildman–Crippen LogP) is 0.414. The van der Waals surface area contributed by atoms with E-state index >= 15 is 0 Å².